The molecule has 9 heteroatoms. The fourth-order valence-electron chi connectivity index (χ4n) is 4.72. The zero-order chi connectivity index (χ0) is 28.2. The molecular formula is C32H28N6O2S. The Kier molecular flexibility index (Phi) is 7.60. The second kappa shape index (κ2) is 11.8. The van der Waals surface area contributed by atoms with Crippen LogP contribution in [0, 0.1) is 0 Å². The third-order valence-corrected chi connectivity index (χ3v) is 8.18. The molecule has 0 fully saturated rings. The Morgan fingerprint density at radius 1 is 0.854 bits per heavy atom. The molecule has 6 aromatic rings. The molecule has 0 aliphatic heterocycles. The number of benzene rings is 3. The molecule has 204 valence electrons. The average molecular weight is 561 g/mol. The number of para-hydroxylation sites is 2. The standard InChI is InChI=1S/C32H28N6O2S/c1-2-28(31(40)35-20-22-11-8-16-33-18-22)41-32-37-26-17-23(30(39)34-19-21-9-4-3-5-10-21)14-15-24(26)29-36-25-12-6-7-13-27(25)38(29)32/h3-18,28H,2,19-20H2,1H3,(H,34,39)(H,35,40)/t28-/m1/s1. The van der Waals surface area contributed by atoms with Crippen LogP contribution in [0.1, 0.15) is 34.8 Å². The SMILES string of the molecule is CC[C@@H](Sc1nc2cc(C(=O)NCc3ccccc3)ccc2c2nc3ccccc3n12)C(=O)NCc1cccnc1. The van der Waals surface area contributed by atoms with Crippen LogP contribution in [-0.4, -0.2) is 36.4 Å². The highest BCUT2D eigenvalue weighted by Gasteiger charge is 2.23. The van der Waals surface area contributed by atoms with E-state index in [1.807, 2.05) is 84.1 Å². The Labute approximate surface area is 241 Å². The largest absolute Gasteiger partial charge is 0.351 e. The number of pyridine rings is 1. The van der Waals surface area contributed by atoms with E-state index in [-0.39, 0.29) is 17.1 Å². The average Bonchev–Trinajstić information content (AvgIpc) is 3.42. The van der Waals surface area contributed by atoms with Crippen molar-refractivity contribution in [2.75, 3.05) is 0 Å². The highest BCUT2D eigenvalue weighted by Crippen LogP contribution is 2.32. The van der Waals surface area contributed by atoms with E-state index in [1.165, 1.54) is 11.8 Å². The minimum absolute atomic E-state index is 0.0742. The van der Waals surface area contributed by atoms with Crippen molar-refractivity contribution in [3.63, 3.8) is 0 Å². The van der Waals surface area contributed by atoms with Crippen molar-refractivity contribution in [3.05, 3.63) is 114 Å². The van der Waals surface area contributed by atoms with Crippen LogP contribution < -0.4 is 10.6 Å². The van der Waals surface area contributed by atoms with E-state index in [0.29, 0.717) is 35.7 Å². The maximum absolute atomic E-state index is 13.2. The lowest BCUT2D eigenvalue weighted by Gasteiger charge is -2.16. The first-order valence-electron chi connectivity index (χ1n) is 13.5. The van der Waals surface area contributed by atoms with Crippen LogP contribution in [0.4, 0.5) is 0 Å². The molecule has 3 heterocycles. The Morgan fingerprint density at radius 3 is 2.44 bits per heavy atom. The molecule has 1 atom stereocenters. The molecule has 0 aliphatic rings. The number of imidazole rings is 1. The zero-order valence-corrected chi connectivity index (χ0v) is 23.3. The first-order chi connectivity index (χ1) is 20.1. The second-order valence-electron chi connectivity index (χ2n) is 9.65. The van der Waals surface area contributed by atoms with Gasteiger partial charge in [0, 0.05) is 36.4 Å². The molecule has 2 N–H and O–H groups in total. The number of hydrogen-bond acceptors (Lipinski definition) is 6. The van der Waals surface area contributed by atoms with E-state index in [1.54, 1.807) is 24.5 Å². The van der Waals surface area contributed by atoms with Crippen LogP contribution >= 0.6 is 11.8 Å². The summed E-state index contributed by atoms with van der Waals surface area (Å²) in [6.45, 7) is 2.82. The van der Waals surface area contributed by atoms with E-state index in [0.717, 1.165) is 33.2 Å². The number of hydrogen-bond donors (Lipinski definition) is 2. The molecule has 3 aromatic heterocycles. The van der Waals surface area contributed by atoms with Crippen molar-refractivity contribution in [2.45, 2.75) is 36.8 Å². The molecule has 0 unspecified atom stereocenters. The van der Waals surface area contributed by atoms with Crippen molar-refractivity contribution in [1.82, 2.24) is 30.0 Å². The lowest BCUT2D eigenvalue weighted by atomic mass is 10.1. The highest BCUT2D eigenvalue weighted by molar-refractivity contribution is 8.00. The fourth-order valence-corrected chi connectivity index (χ4v) is 5.78. The maximum Gasteiger partial charge on any atom is 0.251 e. The second-order valence-corrected chi connectivity index (χ2v) is 10.8. The van der Waals surface area contributed by atoms with Crippen LogP contribution in [0.5, 0.6) is 0 Å². The Bertz CT molecular complexity index is 1860. The van der Waals surface area contributed by atoms with Gasteiger partial charge in [-0.25, -0.2) is 9.97 Å². The van der Waals surface area contributed by atoms with Gasteiger partial charge in [0.05, 0.1) is 21.8 Å². The zero-order valence-electron chi connectivity index (χ0n) is 22.4. The van der Waals surface area contributed by atoms with Crippen LogP contribution in [0.15, 0.2) is 102 Å². The summed E-state index contributed by atoms with van der Waals surface area (Å²) in [6.07, 6.45) is 4.06. The van der Waals surface area contributed by atoms with Crippen LogP contribution in [0.2, 0.25) is 0 Å². The van der Waals surface area contributed by atoms with Gasteiger partial charge in [-0.1, -0.05) is 67.2 Å². The van der Waals surface area contributed by atoms with E-state index >= 15 is 0 Å². The molecule has 8 nitrogen and oxygen atoms in total. The Balaban J connectivity index is 1.34. The monoisotopic (exact) mass is 560 g/mol. The summed E-state index contributed by atoms with van der Waals surface area (Å²) in [5, 5.41) is 7.12. The summed E-state index contributed by atoms with van der Waals surface area (Å²) in [5.74, 6) is -0.254. The molecular weight excluding hydrogens is 532 g/mol. The van der Waals surface area contributed by atoms with Crippen molar-refractivity contribution in [1.29, 1.82) is 0 Å². The topological polar surface area (TPSA) is 101 Å². The van der Waals surface area contributed by atoms with Crippen LogP contribution in [0.25, 0.3) is 27.6 Å². The van der Waals surface area contributed by atoms with Crippen LogP contribution in [-0.2, 0) is 17.9 Å². The van der Waals surface area contributed by atoms with Gasteiger partial charge < -0.3 is 10.6 Å². The van der Waals surface area contributed by atoms with Crippen LogP contribution in [0.3, 0.4) is 0 Å². The minimum atomic E-state index is -0.377. The summed E-state index contributed by atoms with van der Waals surface area (Å²) < 4.78 is 2.01. The molecule has 0 saturated carbocycles. The van der Waals surface area contributed by atoms with E-state index < -0.39 is 0 Å². The van der Waals surface area contributed by atoms with Crippen molar-refractivity contribution in [2.24, 2.45) is 0 Å². The number of nitrogens with zero attached hydrogens (tertiary/aromatic N) is 4. The molecule has 2 amide bonds. The van der Waals surface area contributed by atoms with Gasteiger partial charge >= 0.3 is 0 Å². The number of rotatable bonds is 9. The smallest absolute Gasteiger partial charge is 0.251 e. The number of fused-ring (bicyclic) bond motifs is 5. The summed E-state index contributed by atoms with van der Waals surface area (Å²) in [4.78, 5) is 40.3. The van der Waals surface area contributed by atoms with Gasteiger partial charge in [-0.2, -0.15) is 0 Å². The number of thioether (sulfide) groups is 1. The molecule has 0 spiro atoms. The van der Waals surface area contributed by atoms with E-state index in [9.17, 15) is 9.59 Å². The number of amides is 2. The van der Waals surface area contributed by atoms with Gasteiger partial charge in [0.25, 0.3) is 5.91 Å². The summed E-state index contributed by atoms with van der Waals surface area (Å²) in [5.41, 5.74) is 5.60. The predicted octanol–water partition coefficient (Wildman–Crippen LogP) is 5.55. The molecule has 6 rings (SSSR count). The molecule has 0 aliphatic carbocycles. The summed E-state index contributed by atoms with van der Waals surface area (Å²) in [6, 6.07) is 27.0. The summed E-state index contributed by atoms with van der Waals surface area (Å²) >= 11 is 1.40. The maximum atomic E-state index is 13.2. The Morgan fingerprint density at radius 2 is 1.63 bits per heavy atom. The highest BCUT2D eigenvalue weighted by atomic mass is 32.2. The lowest BCUT2D eigenvalue weighted by Crippen LogP contribution is -2.32. The fraction of sp³-hybridized carbons (Fsp3) is 0.156. The van der Waals surface area contributed by atoms with Gasteiger partial charge in [0.2, 0.25) is 5.91 Å². The number of nitrogens with one attached hydrogen (secondary N) is 2. The molecule has 0 saturated heterocycles. The third-order valence-electron chi connectivity index (χ3n) is 6.87. The molecule has 0 radical (unpaired) electrons. The molecule has 41 heavy (non-hydrogen) atoms. The molecule has 0 bridgehead atoms. The van der Waals surface area contributed by atoms with Gasteiger partial charge in [0.15, 0.2) is 5.16 Å². The van der Waals surface area contributed by atoms with Crippen molar-refractivity contribution in [3.8, 4) is 0 Å². The third kappa shape index (κ3) is 5.62. The number of carbonyl (C=O) groups is 2. The summed E-state index contributed by atoms with van der Waals surface area (Å²) in [7, 11) is 0. The number of aromatic nitrogens is 4. The van der Waals surface area contributed by atoms with Gasteiger partial charge in [-0.15, -0.1) is 0 Å². The number of carbonyl (C=O) groups excluding carboxylic acids is 2. The first kappa shape index (κ1) is 26.5. The lowest BCUT2D eigenvalue weighted by molar-refractivity contribution is -0.120. The van der Waals surface area contributed by atoms with Crippen molar-refractivity contribution >= 4 is 51.2 Å². The van der Waals surface area contributed by atoms with Crippen molar-refractivity contribution < 1.29 is 9.59 Å². The van der Waals surface area contributed by atoms with E-state index in [2.05, 4.69) is 15.6 Å². The van der Waals surface area contributed by atoms with Gasteiger partial charge in [0.1, 0.15) is 5.65 Å². The molecule has 3 aromatic carbocycles. The van der Waals surface area contributed by atoms with E-state index in [4.69, 9.17) is 9.97 Å². The van der Waals surface area contributed by atoms with Gasteiger partial charge in [-0.05, 0) is 53.9 Å². The normalized spacial score (nSPS) is 12.0. The first-order valence-corrected chi connectivity index (χ1v) is 14.3. The predicted molar refractivity (Wildman–Crippen MR) is 162 cm³/mol. The Hall–Kier alpha value is -4.76. The minimum Gasteiger partial charge on any atom is -0.351 e. The van der Waals surface area contributed by atoms with Gasteiger partial charge in [-0.3, -0.25) is 19.0 Å². The quantitative estimate of drug-likeness (QED) is 0.178.